The summed E-state index contributed by atoms with van der Waals surface area (Å²) >= 11 is 0. The standard InChI is InChI=1S/C28H44N.BrH/c1-2-3-4-5-6-7-8-9-10-11-12-13-14-19-24-29-25-20-18-23-28(29)26-27-21-16-15-17-22-27;/h15-18,20-23,25H,2-14,19,24,26H2,1H3;1H/q+1;/p-1. The Balaban J connectivity index is 0.00000450. The Kier molecular flexibility index (Phi) is 16.7. The molecule has 0 bridgehead atoms. The summed E-state index contributed by atoms with van der Waals surface area (Å²) in [6.45, 7) is 3.45. The zero-order valence-electron chi connectivity index (χ0n) is 19.3. The number of rotatable bonds is 17. The van der Waals surface area contributed by atoms with Gasteiger partial charge in [-0.05, 0) is 12.0 Å². The zero-order valence-corrected chi connectivity index (χ0v) is 20.9. The van der Waals surface area contributed by atoms with Gasteiger partial charge in [-0.15, -0.1) is 0 Å². The summed E-state index contributed by atoms with van der Waals surface area (Å²) in [5.41, 5.74) is 2.82. The molecular formula is C28H44BrN. The maximum atomic E-state index is 2.45. The third kappa shape index (κ3) is 12.5. The maximum absolute atomic E-state index is 2.45. The van der Waals surface area contributed by atoms with E-state index in [4.69, 9.17) is 0 Å². The molecule has 168 valence electrons. The van der Waals surface area contributed by atoms with Crippen LogP contribution in [0, 0.1) is 0 Å². The molecule has 0 unspecified atom stereocenters. The Morgan fingerprint density at radius 1 is 0.567 bits per heavy atom. The second-order valence-corrected chi connectivity index (χ2v) is 8.64. The summed E-state index contributed by atoms with van der Waals surface area (Å²) in [6.07, 6.45) is 23.2. The molecule has 0 spiro atoms. The fourth-order valence-electron chi connectivity index (χ4n) is 4.17. The van der Waals surface area contributed by atoms with E-state index < -0.39 is 0 Å². The lowest BCUT2D eigenvalue weighted by Gasteiger charge is -2.05. The van der Waals surface area contributed by atoms with E-state index in [9.17, 15) is 0 Å². The number of aryl methyl sites for hydroxylation is 1. The number of pyridine rings is 1. The molecule has 0 aliphatic rings. The molecule has 2 rings (SSSR count). The van der Waals surface area contributed by atoms with Crippen LogP contribution in [-0.2, 0) is 13.0 Å². The summed E-state index contributed by atoms with van der Waals surface area (Å²) in [5.74, 6) is 0. The van der Waals surface area contributed by atoms with Crippen molar-refractivity contribution in [1.82, 2.24) is 0 Å². The molecular weight excluding hydrogens is 430 g/mol. The number of hydrogen-bond donors (Lipinski definition) is 0. The van der Waals surface area contributed by atoms with Crippen molar-refractivity contribution in [3.8, 4) is 0 Å². The molecule has 0 radical (unpaired) electrons. The number of nitrogens with zero attached hydrogens (tertiary/aromatic N) is 1. The number of halogens is 1. The minimum atomic E-state index is 0. The third-order valence-corrected chi connectivity index (χ3v) is 6.02. The average Bonchev–Trinajstić information content (AvgIpc) is 2.76. The molecule has 2 aromatic rings. The third-order valence-electron chi connectivity index (χ3n) is 6.02. The molecule has 30 heavy (non-hydrogen) atoms. The molecule has 2 heteroatoms. The predicted octanol–water partition coefficient (Wildman–Crippen LogP) is 5.05. The molecule has 0 N–H and O–H groups in total. The molecule has 0 saturated carbocycles. The topological polar surface area (TPSA) is 3.88 Å². The van der Waals surface area contributed by atoms with Crippen LogP contribution in [0.25, 0.3) is 0 Å². The second kappa shape index (κ2) is 18.6. The molecule has 0 aliphatic heterocycles. The minimum Gasteiger partial charge on any atom is -1.00 e. The van der Waals surface area contributed by atoms with Gasteiger partial charge in [0.1, 0.15) is 6.54 Å². The van der Waals surface area contributed by atoms with Gasteiger partial charge in [-0.3, -0.25) is 0 Å². The van der Waals surface area contributed by atoms with Crippen molar-refractivity contribution >= 4 is 0 Å². The van der Waals surface area contributed by atoms with E-state index in [0.717, 1.165) is 13.0 Å². The van der Waals surface area contributed by atoms with Crippen molar-refractivity contribution < 1.29 is 21.5 Å². The molecule has 1 nitrogen and oxygen atoms in total. The van der Waals surface area contributed by atoms with Gasteiger partial charge in [0.2, 0.25) is 0 Å². The normalized spacial score (nSPS) is 10.7. The van der Waals surface area contributed by atoms with Crippen LogP contribution in [0.1, 0.15) is 108 Å². The number of benzene rings is 1. The molecule has 0 amide bonds. The fourth-order valence-corrected chi connectivity index (χ4v) is 4.17. The van der Waals surface area contributed by atoms with Crippen LogP contribution in [0.4, 0.5) is 0 Å². The highest BCUT2D eigenvalue weighted by atomic mass is 79.9. The Labute approximate surface area is 197 Å². The van der Waals surface area contributed by atoms with Crippen LogP contribution >= 0.6 is 0 Å². The van der Waals surface area contributed by atoms with Gasteiger partial charge in [0.15, 0.2) is 11.9 Å². The van der Waals surface area contributed by atoms with E-state index in [0.29, 0.717) is 0 Å². The van der Waals surface area contributed by atoms with Crippen LogP contribution < -0.4 is 21.5 Å². The SMILES string of the molecule is CCCCCCCCCCCCCCCC[n+]1ccccc1Cc1ccccc1.[Br-]. The Hall–Kier alpha value is -1.15. The fraction of sp³-hybridized carbons (Fsp3) is 0.607. The van der Waals surface area contributed by atoms with E-state index in [2.05, 4.69) is 66.2 Å². The molecule has 1 aromatic heterocycles. The lowest BCUT2D eigenvalue weighted by atomic mass is 10.0. The lowest BCUT2D eigenvalue weighted by Crippen LogP contribution is -3.00. The number of hydrogen-bond acceptors (Lipinski definition) is 0. The van der Waals surface area contributed by atoms with Crippen LogP contribution in [0.3, 0.4) is 0 Å². The van der Waals surface area contributed by atoms with Crippen molar-refractivity contribution in [3.63, 3.8) is 0 Å². The highest BCUT2D eigenvalue weighted by Crippen LogP contribution is 2.13. The molecule has 0 saturated heterocycles. The maximum Gasteiger partial charge on any atom is 0.185 e. The van der Waals surface area contributed by atoms with Gasteiger partial charge in [0, 0.05) is 18.6 Å². The van der Waals surface area contributed by atoms with Gasteiger partial charge in [-0.25, -0.2) is 4.57 Å². The van der Waals surface area contributed by atoms with Crippen LogP contribution in [0.5, 0.6) is 0 Å². The first-order valence-electron chi connectivity index (χ1n) is 12.4. The van der Waals surface area contributed by atoms with E-state index in [1.807, 2.05) is 0 Å². The highest BCUT2D eigenvalue weighted by molar-refractivity contribution is 5.19. The van der Waals surface area contributed by atoms with Crippen molar-refractivity contribution in [2.24, 2.45) is 0 Å². The van der Waals surface area contributed by atoms with Crippen molar-refractivity contribution in [3.05, 3.63) is 66.0 Å². The summed E-state index contributed by atoms with van der Waals surface area (Å²) in [4.78, 5) is 0. The van der Waals surface area contributed by atoms with Crippen LogP contribution in [-0.4, -0.2) is 0 Å². The van der Waals surface area contributed by atoms with Gasteiger partial charge in [0.05, 0.1) is 6.42 Å². The predicted molar refractivity (Wildman–Crippen MR) is 126 cm³/mol. The molecule has 0 atom stereocenters. The second-order valence-electron chi connectivity index (χ2n) is 8.64. The summed E-state index contributed by atoms with van der Waals surface area (Å²) in [5, 5.41) is 0. The smallest absolute Gasteiger partial charge is 0.185 e. The minimum absolute atomic E-state index is 0. The van der Waals surface area contributed by atoms with Crippen LogP contribution in [0.2, 0.25) is 0 Å². The van der Waals surface area contributed by atoms with E-state index in [-0.39, 0.29) is 17.0 Å². The monoisotopic (exact) mass is 473 g/mol. The molecule has 0 aliphatic carbocycles. The number of aromatic nitrogens is 1. The van der Waals surface area contributed by atoms with Gasteiger partial charge in [-0.1, -0.05) is 120 Å². The summed E-state index contributed by atoms with van der Waals surface area (Å²) in [6, 6.07) is 17.4. The Morgan fingerprint density at radius 3 is 1.63 bits per heavy atom. The van der Waals surface area contributed by atoms with Gasteiger partial charge in [-0.2, -0.15) is 0 Å². The first kappa shape index (κ1) is 26.9. The number of unbranched alkanes of at least 4 members (excludes halogenated alkanes) is 13. The average molecular weight is 475 g/mol. The van der Waals surface area contributed by atoms with Crippen molar-refractivity contribution in [2.75, 3.05) is 0 Å². The Morgan fingerprint density at radius 2 is 1.07 bits per heavy atom. The van der Waals surface area contributed by atoms with Crippen molar-refractivity contribution in [2.45, 2.75) is 110 Å². The van der Waals surface area contributed by atoms with Crippen molar-refractivity contribution in [1.29, 1.82) is 0 Å². The first-order chi connectivity index (χ1) is 14.4. The quantitative estimate of drug-likeness (QED) is 0.223. The largest absolute Gasteiger partial charge is 1.00 e. The summed E-state index contributed by atoms with van der Waals surface area (Å²) < 4.78 is 2.45. The van der Waals surface area contributed by atoms with E-state index in [1.165, 1.54) is 101 Å². The van der Waals surface area contributed by atoms with E-state index in [1.54, 1.807) is 0 Å². The molecule has 0 fully saturated rings. The molecule has 1 heterocycles. The van der Waals surface area contributed by atoms with E-state index >= 15 is 0 Å². The Bertz CT molecular complexity index is 626. The lowest BCUT2D eigenvalue weighted by molar-refractivity contribution is -0.704. The zero-order chi connectivity index (χ0) is 20.4. The first-order valence-corrected chi connectivity index (χ1v) is 12.4. The summed E-state index contributed by atoms with van der Waals surface area (Å²) in [7, 11) is 0. The highest BCUT2D eigenvalue weighted by Gasteiger charge is 2.09. The van der Waals surface area contributed by atoms with Gasteiger partial charge < -0.3 is 17.0 Å². The van der Waals surface area contributed by atoms with Crippen LogP contribution in [0.15, 0.2) is 54.7 Å². The van der Waals surface area contributed by atoms with Gasteiger partial charge >= 0.3 is 0 Å². The van der Waals surface area contributed by atoms with Gasteiger partial charge in [0.25, 0.3) is 0 Å². The molecule has 1 aromatic carbocycles.